The second-order valence-corrected chi connectivity index (χ2v) is 5.22. The first-order valence-corrected chi connectivity index (χ1v) is 6.52. The van der Waals surface area contributed by atoms with E-state index in [9.17, 15) is 0 Å². The van der Waals surface area contributed by atoms with Crippen LogP contribution < -0.4 is 5.73 Å². The first-order valence-electron chi connectivity index (χ1n) is 5.32. The lowest BCUT2D eigenvalue weighted by atomic mass is 10.2. The molecule has 2 heterocycles. The summed E-state index contributed by atoms with van der Waals surface area (Å²) in [4.78, 5) is 1.44. The summed E-state index contributed by atoms with van der Waals surface area (Å²) in [6.45, 7) is 0.391. The third-order valence-corrected chi connectivity index (χ3v) is 3.27. The Morgan fingerprint density at radius 2 is 2.16 bits per heavy atom. The summed E-state index contributed by atoms with van der Waals surface area (Å²) in [6.07, 6.45) is 0. The summed E-state index contributed by atoms with van der Waals surface area (Å²) >= 11 is 7.22. The van der Waals surface area contributed by atoms with E-state index in [1.807, 2.05) is 12.1 Å². The summed E-state index contributed by atoms with van der Waals surface area (Å²) in [5.74, 6) is 0.514. The van der Waals surface area contributed by atoms with Gasteiger partial charge in [-0.05, 0) is 17.3 Å². The van der Waals surface area contributed by atoms with Gasteiger partial charge >= 0.3 is 0 Å². The fraction of sp³-hybridized carbons (Fsp3) is 0.100. The molecule has 7 nitrogen and oxygen atoms in total. The van der Waals surface area contributed by atoms with Gasteiger partial charge in [-0.15, -0.1) is 20.4 Å². The summed E-state index contributed by atoms with van der Waals surface area (Å²) in [7, 11) is 0. The van der Waals surface area contributed by atoms with E-state index in [1.54, 1.807) is 12.1 Å². The highest BCUT2D eigenvalue weighted by Crippen LogP contribution is 2.18. The number of aromatic nitrogens is 6. The van der Waals surface area contributed by atoms with Crippen molar-refractivity contribution in [3.05, 3.63) is 34.3 Å². The van der Waals surface area contributed by atoms with Crippen molar-refractivity contribution in [3.8, 4) is 11.4 Å². The maximum Gasteiger partial charge on any atom is 0.204 e. The molecule has 0 spiro atoms. The largest absolute Gasteiger partial charge is 0.374 e. The molecule has 9 heteroatoms. The SMILES string of the molecule is Nc1nnc(Cn2nnc(-c3cccc(Cl)c3)n2)s1. The highest BCUT2D eigenvalue weighted by Gasteiger charge is 2.08. The van der Waals surface area contributed by atoms with E-state index >= 15 is 0 Å². The van der Waals surface area contributed by atoms with E-state index in [0.717, 1.165) is 10.6 Å². The Kier molecular flexibility index (Phi) is 3.10. The molecule has 0 aliphatic rings. The van der Waals surface area contributed by atoms with Gasteiger partial charge in [-0.25, -0.2) is 0 Å². The van der Waals surface area contributed by atoms with Gasteiger partial charge in [0.05, 0.1) is 0 Å². The lowest BCUT2D eigenvalue weighted by molar-refractivity contribution is 0.568. The molecule has 3 aromatic rings. The molecule has 1 aromatic carbocycles. The van der Waals surface area contributed by atoms with Gasteiger partial charge in [0.2, 0.25) is 11.0 Å². The van der Waals surface area contributed by atoms with E-state index in [1.165, 1.54) is 16.1 Å². The number of benzene rings is 1. The summed E-state index contributed by atoms with van der Waals surface area (Å²) in [5.41, 5.74) is 6.33. The first kappa shape index (κ1) is 12.0. The molecule has 0 fully saturated rings. The fourth-order valence-electron chi connectivity index (χ4n) is 1.50. The molecule has 0 saturated carbocycles. The van der Waals surface area contributed by atoms with E-state index in [4.69, 9.17) is 17.3 Å². The topological polar surface area (TPSA) is 95.4 Å². The standard InChI is InChI=1S/C10H8ClN7S/c11-7-3-1-2-6(4-7)9-14-17-18(16-9)5-8-13-15-10(12)19-8/h1-4H,5H2,(H2,12,15). The van der Waals surface area contributed by atoms with Gasteiger partial charge in [0, 0.05) is 10.6 Å². The second-order valence-electron chi connectivity index (χ2n) is 3.69. The lowest BCUT2D eigenvalue weighted by Gasteiger charge is -1.95. The predicted molar refractivity (Wildman–Crippen MR) is 71.7 cm³/mol. The van der Waals surface area contributed by atoms with Crippen LogP contribution in [0.1, 0.15) is 5.01 Å². The molecule has 2 aromatic heterocycles. The number of tetrazole rings is 1. The van der Waals surface area contributed by atoms with Crippen LogP contribution in [0.2, 0.25) is 5.02 Å². The van der Waals surface area contributed by atoms with Crippen molar-refractivity contribution in [3.63, 3.8) is 0 Å². The Balaban J connectivity index is 1.83. The number of nitrogen functional groups attached to an aromatic ring is 1. The van der Waals surface area contributed by atoms with E-state index < -0.39 is 0 Å². The second kappa shape index (κ2) is 4.90. The number of hydrogen-bond donors (Lipinski definition) is 1. The van der Waals surface area contributed by atoms with Crippen molar-refractivity contribution < 1.29 is 0 Å². The Hall–Kier alpha value is -2.06. The van der Waals surface area contributed by atoms with Gasteiger partial charge in [-0.3, -0.25) is 0 Å². The van der Waals surface area contributed by atoms with Gasteiger partial charge in [-0.1, -0.05) is 35.1 Å². The maximum atomic E-state index is 5.92. The molecule has 0 atom stereocenters. The average molecular weight is 294 g/mol. The molecule has 0 aliphatic carbocycles. The summed E-state index contributed by atoms with van der Waals surface area (Å²) < 4.78 is 0. The molecule has 3 rings (SSSR count). The van der Waals surface area contributed by atoms with Crippen molar-refractivity contribution in [2.45, 2.75) is 6.54 Å². The molecule has 96 valence electrons. The van der Waals surface area contributed by atoms with Gasteiger partial charge in [0.25, 0.3) is 0 Å². The number of hydrogen-bond acceptors (Lipinski definition) is 7. The van der Waals surface area contributed by atoms with Crippen LogP contribution in [-0.4, -0.2) is 30.4 Å². The van der Waals surface area contributed by atoms with Crippen LogP contribution in [-0.2, 0) is 6.54 Å². The van der Waals surface area contributed by atoms with Gasteiger partial charge in [0.1, 0.15) is 11.6 Å². The predicted octanol–water partition coefficient (Wildman–Crippen LogP) is 1.48. The third-order valence-electron chi connectivity index (χ3n) is 2.29. The average Bonchev–Trinajstić information content (AvgIpc) is 2.99. The normalized spacial score (nSPS) is 10.8. The number of anilines is 1. The molecule has 0 aliphatic heterocycles. The zero-order chi connectivity index (χ0) is 13.2. The summed E-state index contributed by atoms with van der Waals surface area (Å²) in [5, 5.41) is 21.6. The molecular formula is C10H8ClN7S. The van der Waals surface area contributed by atoms with Crippen molar-refractivity contribution in [1.29, 1.82) is 0 Å². The number of halogens is 1. The lowest BCUT2D eigenvalue weighted by Crippen LogP contribution is -2.03. The van der Waals surface area contributed by atoms with E-state index in [0.29, 0.717) is 22.5 Å². The smallest absolute Gasteiger partial charge is 0.204 e. The van der Waals surface area contributed by atoms with Crippen molar-refractivity contribution in [2.75, 3.05) is 5.73 Å². The van der Waals surface area contributed by atoms with Crippen LogP contribution in [0.5, 0.6) is 0 Å². The zero-order valence-corrected chi connectivity index (χ0v) is 11.1. The minimum absolute atomic E-state index is 0.391. The molecule has 0 amide bonds. The monoisotopic (exact) mass is 293 g/mol. The number of nitrogens with zero attached hydrogens (tertiary/aromatic N) is 6. The third kappa shape index (κ3) is 2.69. The first-order chi connectivity index (χ1) is 9.20. The van der Waals surface area contributed by atoms with Crippen LogP contribution in [0.3, 0.4) is 0 Å². The molecule has 19 heavy (non-hydrogen) atoms. The maximum absolute atomic E-state index is 5.92. The van der Waals surface area contributed by atoms with Gasteiger partial charge in [-0.2, -0.15) is 4.80 Å². The van der Waals surface area contributed by atoms with E-state index in [-0.39, 0.29) is 0 Å². The van der Waals surface area contributed by atoms with Crippen LogP contribution in [0, 0.1) is 0 Å². The molecule has 0 saturated heterocycles. The Labute approximate surface area is 117 Å². The van der Waals surface area contributed by atoms with Crippen LogP contribution in [0.4, 0.5) is 5.13 Å². The zero-order valence-electron chi connectivity index (χ0n) is 9.56. The number of rotatable bonds is 3. The minimum atomic E-state index is 0.391. The van der Waals surface area contributed by atoms with Gasteiger partial charge < -0.3 is 5.73 Å². The Bertz CT molecular complexity index is 707. The number of nitrogens with two attached hydrogens (primary N) is 1. The quantitative estimate of drug-likeness (QED) is 0.786. The highest BCUT2D eigenvalue weighted by molar-refractivity contribution is 7.15. The van der Waals surface area contributed by atoms with Gasteiger partial charge in [0.15, 0.2) is 0 Å². The Morgan fingerprint density at radius 3 is 2.89 bits per heavy atom. The van der Waals surface area contributed by atoms with Crippen molar-refractivity contribution in [2.24, 2.45) is 0 Å². The van der Waals surface area contributed by atoms with Crippen LogP contribution >= 0.6 is 22.9 Å². The van der Waals surface area contributed by atoms with E-state index in [2.05, 4.69) is 25.6 Å². The molecule has 2 N–H and O–H groups in total. The molecule has 0 radical (unpaired) electrons. The molecule has 0 unspecified atom stereocenters. The summed E-state index contributed by atoms with van der Waals surface area (Å²) in [6, 6.07) is 7.28. The van der Waals surface area contributed by atoms with Crippen molar-refractivity contribution >= 4 is 28.1 Å². The van der Waals surface area contributed by atoms with Crippen molar-refractivity contribution in [1.82, 2.24) is 30.4 Å². The molecular weight excluding hydrogens is 286 g/mol. The van der Waals surface area contributed by atoms with Crippen LogP contribution in [0.15, 0.2) is 24.3 Å². The minimum Gasteiger partial charge on any atom is -0.374 e. The van der Waals surface area contributed by atoms with Crippen LogP contribution in [0.25, 0.3) is 11.4 Å². The fourth-order valence-corrected chi connectivity index (χ4v) is 2.28. The molecule has 0 bridgehead atoms. The Morgan fingerprint density at radius 1 is 1.26 bits per heavy atom. The highest BCUT2D eigenvalue weighted by atomic mass is 35.5.